The lowest BCUT2D eigenvalue weighted by molar-refractivity contribution is -0.115. The third kappa shape index (κ3) is 4.86. The van der Waals surface area contributed by atoms with Crippen molar-refractivity contribution in [1.29, 1.82) is 0 Å². The summed E-state index contributed by atoms with van der Waals surface area (Å²) in [5.74, 6) is 0.577. The van der Waals surface area contributed by atoms with Gasteiger partial charge in [0.2, 0.25) is 5.91 Å². The van der Waals surface area contributed by atoms with Crippen molar-refractivity contribution in [2.45, 2.75) is 13.3 Å². The van der Waals surface area contributed by atoms with Crippen molar-refractivity contribution >= 4 is 17.5 Å². The van der Waals surface area contributed by atoms with E-state index in [-0.39, 0.29) is 18.2 Å². The van der Waals surface area contributed by atoms with Crippen molar-refractivity contribution in [1.82, 2.24) is 4.90 Å². The first-order valence-corrected chi connectivity index (χ1v) is 8.97. The standard InChI is InChI=1S/C21H24N2O4/c1-15-6-7-16(12-19(15)26-2)13-20(24)22-18-5-3-4-17(14-18)21(25)23-8-10-27-11-9-23/h3-7,12,14H,8-11,13H2,1-2H3,(H,22,24). The molecule has 0 saturated carbocycles. The Morgan fingerprint density at radius 3 is 2.67 bits per heavy atom. The van der Waals surface area contributed by atoms with E-state index >= 15 is 0 Å². The van der Waals surface area contributed by atoms with E-state index in [0.717, 1.165) is 16.9 Å². The molecular weight excluding hydrogens is 344 g/mol. The van der Waals surface area contributed by atoms with Gasteiger partial charge in [0.25, 0.3) is 5.91 Å². The van der Waals surface area contributed by atoms with Gasteiger partial charge in [-0.05, 0) is 42.3 Å². The Labute approximate surface area is 159 Å². The van der Waals surface area contributed by atoms with Crippen LogP contribution in [0.15, 0.2) is 42.5 Å². The number of hydrogen-bond donors (Lipinski definition) is 1. The third-order valence-electron chi connectivity index (χ3n) is 4.53. The number of aryl methyl sites for hydroxylation is 1. The Morgan fingerprint density at radius 1 is 1.15 bits per heavy atom. The van der Waals surface area contributed by atoms with Crippen LogP contribution in [0.1, 0.15) is 21.5 Å². The Morgan fingerprint density at radius 2 is 1.93 bits per heavy atom. The van der Waals surface area contributed by atoms with Crippen LogP contribution in [0, 0.1) is 6.92 Å². The SMILES string of the molecule is COc1cc(CC(=O)Nc2cccc(C(=O)N3CCOCC3)c2)ccc1C. The number of anilines is 1. The first kappa shape index (κ1) is 18.9. The fraction of sp³-hybridized carbons (Fsp3) is 0.333. The van der Waals surface area contributed by atoms with Gasteiger partial charge in [-0.1, -0.05) is 18.2 Å². The fourth-order valence-electron chi connectivity index (χ4n) is 3.04. The second kappa shape index (κ2) is 8.68. The minimum atomic E-state index is -0.142. The van der Waals surface area contributed by atoms with Crippen molar-refractivity contribution in [2.75, 3.05) is 38.7 Å². The van der Waals surface area contributed by atoms with Crippen molar-refractivity contribution in [3.8, 4) is 5.75 Å². The number of methoxy groups -OCH3 is 1. The second-order valence-electron chi connectivity index (χ2n) is 6.51. The highest BCUT2D eigenvalue weighted by atomic mass is 16.5. The summed E-state index contributed by atoms with van der Waals surface area (Å²) in [5, 5.41) is 2.87. The van der Waals surface area contributed by atoms with Gasteiger partial charge in [-0.2, -0.15) is 0 Å². The summed E-state index contributed by atoms with van der Waals surface area (Å²) in [5.41, 5.74) is 3.07. The molecule has 0 aromatic heterocycles. The maximum atomic E-state index is 12.6. The molecule has 1 saturated heterocycles. The largest absolute Gasteiger partial charge is 0.496 e. The van der Waals surface area contributed by atoms with Crippen LogP contribution in [-0.4, -0.2) is 50.1 Å². The molecule has 1 N–H and O–H groups in total. The number of amides is 2. The first-order chi connectivity index (χ1) is 13.1. The maximum Gasteiger partial charge on any atom is 0.254 e. The average Bonchev–Trinajstić information content (AvgIpc) is 2.69. The van der Waals surface area contributed by atoms with Gasteiger partial charge in [0.05, 0.1) is 26.7 Å². The predicted molar refractivity (Wildman–Crippen MR) is 103 cm³/mol. The molecule has 2 aromatic rings. The molecule has 2 aromatic carbocycles. The molecular formula is C21H24N2O4. The molecule has 6 heteroatoms. The van der Waals surface area contributed by atoms with E-state index in [9.17, 15) is 9.59 Å². The Hall–Kier alpha value is -2.86. The molecule has 27 heavy (non-hydrogen) atoms. The Bertz CT molecular complexity index is 829. The van der Waals surface area contributed by atoms with Gasteiger partial charge in [0, 0.05) is 24.3 Å². The van der Waals surface area contributed by atoms with Crippen molar-refractivity contribution in [3.05, 3.63) is 59.2 Å². The molecule has 0 bridgehead atoms. The van der Waals surface area contributed by atoms with E-state index in [1.807, 2.05) is 25.1 Å². The van der Waals surface area contributed by atoms with Crippen LogP contribution < -0.4 is 10.1 Å². The lowest BCUT2D eigenvalue weighted by Crippen LogP contribution is -2.40. The Balaban J connectivity index is 1.65. The van der Waals surface area contributed by atoms with E-state index in [1.54, 1.807) is 36.3 Å². The summed E-state index contributed by atoms with van der Waals surface area (Å²) in [6.07, 6.45) is 0.234. The lowest BCUT2D eigenvalue weighted by Gasteiger charge is -2.27. The molecule has 3 rings (SSSR count). The van der Waals surface area contributed by atoms with E-state index in [2.05, 4.69) is 5.32 Å². The minimum absolute atomic E-state index is 0.0438. The molecule has 2 amide bonds. The van der Waals surface area contributed by atoms with Crippen LogP contribution in [0.2, 0.25) is 0 Å². The number of hydrogen-bond acceptors (Lipinski definition) is 4. The van der Waals surface area contributed by atoms with Crippen LogP contribution >= 0.6 is 0 Å². The molecule has 0 unspecified atom stereocenters. The van der Waals surface area contributed by atoms with E-state index < -0.39 is 0 Å². The van der Waals surface area contributed by atoms with Crippen LogP contribution in [0.5, 0.6) is 5.75 Å². The van der Waals surface area contributed by atoms with Crippen molar-refractivity contribution in [3.63, 3.8) is 0 Å². The van der Waals surface area contributed by atoms with E-state index in [1.165, 1.54) is 0 Å². The highest BCUT2D eigenvalue weighted by Crippen LogP contribution is 2.20. The molecule has 0 atom stereocenters. The summed E-state index contributed by atoms with van der Waals surface area (Å²) < 4.78 is 10.6. The number of carbonyl (C=O) groups excluding carboxylic acids is 2. The smallest absolute Gasteiger partial charge is 0.254 e. The zero-order chi connectivity index (χ0) is 19.2. The van der Waals surface area contributed by atoms with Crippen LogP contribution in [0.4, 0.5) is 5.69 Å². The van der Waals surface area contributed by atoms with E-state index in [4.69, 9.17) is 9.47 Å². The van der Waals surface area contributed by atoms with Gasteiger partial charge in [-0.3, -0.25) is 9.59 Å². The van der Waals surface area contributed by atoms with Gasteiger partial charge in [-0.25, -0.2) is 0 Å². The lowest BCUT2D eigenvalue weighted by atomic mass is 10.1. The highest BCUT2D eigenvalue weighted by molar-refractivity contribution is 5.97. The third-order valence-corrected chi connectivity index (χ3v) is 4.53. The number of nitrogens with zero attached hydrogens (tertiary/aromatic N) is 1. The number of rotatable bonds is 5. The fourth-order valence-corrected chi connectivity index (χ4v) is 3.04. The molecule has 1 fully saturated rings. The zero-order valence-corrected chi connectivity index (χ0v) is 15.7. The monoisotopic (exact) mass is 368 g/mol. The summed E-state index contributed by atoms with van der Waals surface area (Å²) in [7, 11) is 1.61. The van der Waals surface area contributed by atoms with Gasteiger partial charge < -0.3 is 19.7 Å². The second-order valence-corrected chi connectivity index (χ2v) is 6.51. The van der Waals surface area contributed by atoms with Crippen LogP contribution in [0.3, 0.4) is 0 Å². The summed E-state index contributed by atoms with van der Waals surface area (Å²) in [6, 6.07) is 12.7. The number of nitrogens with one attached hydrogen (secondary N) is 1. The quantitative estimate of drug-likeness (QED) is 0.881. The van der Waals surface area contributed by atoms with Crippen molar-refractivity contribution in [2.24, 2.45) is 0 Å². The molecule has 0 spiro atoms. The predicted octanol–water partition coefficient (Wildman–Crippen LogP) is 2.66. The normalized spacial score (nSPS) is 13.9. The summed E-state index contributed by atoms with van der Waals surface area (Å²) in [6.45, 7) is 4.25. The molecule has 1 aliphatic rings. The molecule has 142 valence electrons. The molecule has 1 heterocycles. The minimum Gasteiger partial charge on any atom is -0.496 e. The molecule has 0 radical (unpaired) electrons. The first-order valence-electron chi connectivity index (χ1n) is 8.97. The zero-order valence-electron chi connectivity index (χ0n) is 15.7. The topological polar surface area (TPSA) is 67.9 Å². The Kier molecular flexibility index (Phi) is 6.08. The highest BCUT2D eigenvalue weighted by Gasteiger charge is 2.18. The van der Waals surface area contributed by atoms with Gasteiger partial charge in [-0.15, -0.1) is 0 Å². The molecule has 0 aliphatic carbocycles. The summed E-state index contributed by atoms with van der Waals surface area (Å²) in [4.78, 5) is 26.7. The number of carbonyl (C=O) groups is 2. The number of ether oxygens (including phenoxy) is 2. The van der Waals surface area contributed by atoms with Gasteiger partial charge in [0.15, 0.2) is 0 Å². The van der Waals surface area contributed by atoms with Crippen LogP contribution in [0.25, 0.3) is 0 Å². The number of benzene rings is 2. The van der Waals surface area contributed by atoms with Gasteiger partial charge >= 0.3 is 0 Å². The van der Waals surface area contributed by atoms with Gasteiger partial charge in [0.1, 0.15) is 5.75 Å². The maximum absolute atomic E-state index is 12.6. The van der Waals surface area contributed by atoms with E-state index in [0.29, 0.717) is 37.6 Å². The van der Waals surface area contributed by atoms with Crippen LogP contribution in [-0.2, 0) is 16.0 Å². The average molecular weight is 368 g/mol. The summed E-state index contributed by atoms with van der Waals surface area (Å²) >= 11 is 0. The number of morpholine rings is 1. The molecule has 6 nitrogen and oxygen atoms in total. The van der Waals surface area contributed by atoms with Crippen molar-refractivity contribution < 1.29 is 19.1 Å². The molecule has 1 aliphatic heterocycles.